The Labute approximate surface area is 132 Å². The molecule has 0 amide bonds. The van der Waals surface area contributed by atoms with Crippen molar-refractivity contribution in [3.8, 4) is 0 Å². The first-order valence-electron chi connectivity index (χ1n) is 7.53. The Kier molecular flexibility index (Phi) is 3.72. The Morgan fingerprint density at radius 1 is 0.864 bits per heavy atom. The van der Waals surface area contributed by atoms with E-state index in [1.54, 1.807) is 0 Å². The Bertz CT molecular complexity index is 821. The summed E-state index contributed by atoms with van der Waals surface area (Å²) in [4.78, 5) is 2.11. The molecule has 0 aliphatic rings. The van der Waals surface area contributed by atoms with E-state index >= 15 is 0 Å². The number of nitrogens with zero attached hydrogens (tertiary/aromatic N) is 1. The quantitative estimate of drug-likeness (QED) is 0.634. The smallest absolute Gasteiger partial charge is 0.0361 e. The van der Waals surface area contributed by atoms with E-state index in [0.717, 1.165) is 5.57 Å². The second kappa shape index (κ2) is 5.69. The summed E-state index contributed by atoms with van der Waals surface area (Å²) in [5.74, 6) is 0. The van der Waals surface area contributed by atoms with Crippen LogP contribution < -0.4 is 4.90 Å². The molecule has 3 aromatic carbocycles. The highest BCUT2D eigenvalue weighted by molar-refractivity contribution is 5.99. The van der Waals surface area contributed by atoms with Gasteiger partial charge in [0.15, 0.2) is 0 Å². The number of benzene rings is 3. The third kappa shape index (κ3) is 2.50. The molecular formula is C21H21N. The van der Waals surface area contributed by atoms with Crippen LogP contribution in [0.5, 0.6) is 0 Å². The van der Waals surface area contributed by atoms with Crippen molar-refractivity contribution >= 4 is 22.0 Å². The zero-order valence-corrected chi connectivity index (χ0v) is 13.4. The van der Waals surface area contributed by atoms with Gasteiger partial charge in [-0.1, -0.05) is 55.1 Å². The molecule has 22 heavy (non-hydrogen) atoms. The molecular weight excluding hydrogens is 266 g/mol. The maximum absolute atomic E-state index is 4.35. The molecule has 0 unspecified atom stereocenters. The van der Waals surface area contributed by atoms with Gasteiger partial charge in [-0.3, -0.25) is 0 Å². The first-order chi connectivity index (χ1) is 10.6. The fourth-order valence-electron chi connectivity index (χ4n) is 2.90. The molecule has 0 aliphatic heterocycles. The van der Waals surface area contributed by atoms with Crippen molar-refractivity contribution in [1.29, 1.82) is 0 Å². The molecule has 0 fully saturated rings. The van der Waals surface area contributed by atoms with Crippen LogP contribution in [0.15, 0.2) is 67.2 Å². The number of aryl methyl sites for hydroxylation is 1. The summed E-state index contributed by atoms with van der Waals surface area (Å²) in [5, 5.41) is 2.57. The first kappa shape index (κ1) is 14.4. The zero-order chi connectivity index (χ0) is 15.7. The Hall–Kier alpha value is -2.54. The summed E-state index contributed by atoms with van der Waals surface area (Å²) in [5.41, 5.74) is 5.95. The van der Waals surface area contributed by atoms with Gasteiger partial charge in [-0.2, -0.15) is 0 Å². The fraction of sp³-hybridized carbons (Fsp3) is 0.143. The van der Waals surface area contributed by atoms with Gasteiger partial charge in [-0.05, 0) is 52.1 Å². The molecule has 0 spiro atoms. The van der Waals surface area contributed by atoms with Crippen molar-refractivity contribution < 1.29 is 0 Å². The normalized spacial score (nSPS) is 10.7. The number of anilines is 1. The second-order valence-corrected chi connectivity index (χ2v) is 5.90. The molecule has 0 aromatic heterocycles. The van der Waals surface area contributed by atoms with E-state index in [1.165, 1.54) is 33.2 Å². The summed E-state index contributed by atoms with van der Waals surface area (Å²) < 4.78 is 0. The molecule has 0 aliphatic carbocycles. The van der Waals surface area contributed by atoms with Crippen LogP contribution in [0.2, 0.25) is 0 Å². The lowest BCUT2D eigenvalue weighted by Gasteiger charge is -2.15. The molecule has 0 saturated carbocycles. The van der Waals surface area contributed by atoms with E-state index in [9.17, 15) is 0 Å². The maximum atomic E-state index is 4.35. The van der Waals surface area contributed by atoms with E-state index in [-0.39, 0.29) is 0 Å². The van der Waals surface area contributed by atoms with Crippen LogP contribution >= 0.6 is 0 Å². The van der Waals surface area contributed by atoms with E-state index < -0.39 is 0 Å². The number of rotatable bonds is 3. The molecule has 1 heteroatoms. The largest absolute Gasteiger partial charge is 0.378 e. The molecule has 110 valence electrons. The summed E-state index contributed by atoms with van der Waals surface area (Å²) in [6.45, 7) is 6.51. The zero-order valence-electron chi connectivity index (χ0n) is 13.4. The lowest BCUT2D eigenvalue weighted by atomic mass is 9.92. The van der Waals surface area contributed by atoms with Gasteiger partial charge in [0, 0.05) is 19.8 Å². The fourth-order valence-corrected chi connectivity index (χ4v) is 2.90. The molecule has 0 atom stereocenters. The molecule has 0 radical (unpaired) electrons. The standard InChI is InChI=1S/C21H21N/c1-15-7-5-8-18-9-6-10-20(21(15)18)16(2)17-11-13-19(14-12-17)22(3)4/h5-14H,2H2,1,3-4H3. The minimum Gasteiger partial charge on any atom is -0.378 e. The SMILES string of the molecule is C=C(c1ccc(N(C)C)cc1)c1cccc2cccc(C)c12. The average Bonchev–Trinajstić information content (AvgIpc) is 2.54. The van der Waals surface area contributed by atoms with Gasteiger partial charge in [0.25, 0.3) is 0 Å². The van der Waals surface area contributed by atoms with Gasteiger partial charge in [0.2, 0.25) is 0 Å². The summed E-state index contributed by atoms with van der Waals surface area (Å²) in [6.07, 6.45) is 0. The van der Waals surface area contributed by atoms with Crippen molar-refractivity contribution in [2.45, 2.75) is 6.92 Å². The van der Waals surface area contributed by atoms with Gasteiger partial charge < -0.3 is 4.90 Å². The van der Waals surface area contributed by atoms with Crippen LogP contribution in [0.4, 0.5) is 5.69 Å². The van der Waals surface area contributed by atoms with Crippen LogP contribution in [0, 0.1) is 6.92 Å². The highest BCUT2D eigenvalue weighted by Gasteiger charge is 2.09. The summed E-state index contributed by atoms with van der Waals surface area (Å²) in [7, 11) is 4.11. The lowest BCUT2D eigenvalue weighted by Crippen LogP contribution is -2.08. The summed E-state index contributed by atoms with van der Waals surface area (Å²) in [6, 6.07) is 21.4. The molecule has 0 N–H and O–H groups in total. The van der Waals surface area contributed by atoms with Gasteiger partial charge in [-0.25, -0.2) is 0 Å². The van der Waals surface area contributed by atoms with Gasteiger partial charge in [0.1, 0.15) is 0 Å². The number of fused-ring (bicyclic) bond motifs is 1. The van der Waals surface area contributed by atoms with Crippen LogP contribution in [0.1, 0.15) is 16.7 Å². The molecule has 0 bridgehead atoms. The van der Waals surface area contributed by atoms with Crippen molar-refractivity contribution in [3.63, 3.8) is 0 Å². The number of hydrogen-bond donors (Lipinski definition) is 0. The van der Waals surface area contributed by atoms with Crippen molar-refractivity contribution in [2.24, 2.45) is 0 Å². The molecule has 0 saturated heterocycles. The van der Waals surface area contributed by atoms with Crippen molar-refractivity contribution in [1.82, 2.24) is 0 Å². The third-order valence-electron chi connectivity index (χ3n) is 4.17. The molecule has 3 rings (SSSR count). The maximum Gasteiger partial charge on any atom is 0.0361 e. The van der Waals surface area contributed by atoms with E-state index in [4.69, 9.17) is 0 Å². The Morgan fingerprint density at radius 3 is 2.14 bits per heavy atom. The minimum absolute atomic E-state index is 1.07. The van der Waals surface area contributed by atoms with Crippen LogP contribution in [0.25, 0.3) is 16.3 Å². The topological polar surface area (TPSA) is 3.24 Å². The second-order valence-electron chi connectivity index (χ2n) is 5.90. The number of hydrogen-bond acceptors (Lipinski definition) is 1. The van der Waals surface area contributed by atoms with Gasteiger partial charge in [-0.15, -0.1) is 0 Å². The summed E-state index contributed by atoms with van der Waals surface area (Å²) >= 11 is 0. The third-order valence-corrected chi connectivity index (χ3v) is 4.17. The lowest BCUT2D eigenvalue weighted by molar-refractivity contribution is 1.13. The predicted molar refractivity (Wildman–Crippen MR) is 97.6 cm³/mol. The predicted octanol–water partition coefficient (Wildman–Crippen LogP) is 5.28. The monoisotopic (exact) mass is 287 g/mol. The van der Waals surface area contributed by atoms with E-state index in [2.05, 4.69) is 93.2 Å². The molecule has 3 aromatic rings. The highest BCUT2D eigenvalue weighted by Crippen LogP contribution is 2.31. The van der Waals surface area contributed by atoms with Crippen molar-refractivity contribution in [3.05, 3.63) is 83.9 Å². The van der Waals surface area contributed by atoms with Crippen molar-refractivity contribution in [2.75, 3.05) is 19.0 Å². The van der Waals surface area contributed by atoms with E-state index in [1.807, 2.05) is 0 Å². The Morgan fingerprint density at radius 2 is 1.50 bits per heavy atom. The van der Waals surface area contributed by atoms with Crippen LogP contribution in [-0.2, 0) is 0 Å². The highest BCUT2D eigenvalue weighted by atomic mass is 15.1. The minimum atomic E-state index is 1.07. The van der Waals surface area contributed by atoms with Crippen LogP contribution in [-0.4, -0.2) is 14.1 Å². The Balaban J connectivity index is 2.09. The van der Waals surface area contributed by atoms with Gasteiger partial charge in [0.05, 0.1) is 0 Å². The first-order valence-corrected chi connectivity index (χ1v) is 7.53. The van der Waals surface area contributed by atoms with E-state index in [0.29, 0.717) is 0 Å². The average molecular weight is 287 g/mol. The van der Waals surface area contributed by atoms with Gasteiger partial charge >= 0.3 is 0 Å². The molecule has 1 nitrogen and oxygen atoms in total. The van der Waals surface area contributed by atoms with Crippen LogP contribution in [0.3, 0.4) is 0 Å². The molecule has 0 heterocycles.